The number of aromatic amines is 1. The van der Waals surface area contributed by atoms with E-state index in [4.69, 9.17) is 4.74 Å². The highest BCUT2D eigenvalue weighted by molar-refractivity contribution is 6.45. The Morgan fingerprint density at radius 2 is 1.93 bits per heavy atom. The number of carbonyl (C=O) groups excluding carboxylic acids is 2. The van der Waals surface area contributed by atoms with Gasteiger partial charge in [-0.25, -0.2) is 0 Å². The molecule has 2 aromatic rings. The summed E-state index contributed by atoms with van der Waals surface area (Å²) in [6.45, 7) is -0.149. The van der Waals surface area contributed by atoms with E-state index in [0.717, 1.165) is 25.7 Å². The summed E-state index contributed by atoms with van der Waals surface area (Å²) in [5, 5.41) is 9.79. The van der Waals surface area contributed by atoms with E-state index in [1.54, 1.807) is 25.3 Å². The summed E-state index contributed by atoms with van der Waals surface area (Å²) >= 11 is 0. The van der Waals surface area contributed by atoms with Crippen molar-refractivity contribution in [2.45, 2.75) is 39.5 Å². The maximum absolute atomic E-state index is 12.8. The number of benzene rings is 1. The Kier molecular flexibility index (Phi) is 7.20. The number of rotatable bonds is 7. The molecule has 0 aliphatic heterocycles. The number of nitrogens with zero attached hydrogens (tertiary/aromatic N) is 1. The molecule has 0 radical (unpaired) electrons. The average molecular weight is 388 g/mol. The Labute approximate surface area is 164 Å². The quantitative estimate of drug-likeness (QED) is 0.559. The summed E-state index contributed by atoms with van der Waals surface area (Å²) in [7, 11) is 1.55. The topological polar surface area (TPSA) is 99.7 Å². The van der Waals surface area contributed by atoms with Gasteiger partial charge in [-0.2, -0.15) is 0 Å². The van der Waals surface area contributed by atoms with E-state index in [2.05, 4.69) is 4.98 Å². The smallest absolute Gasteiger partial charge is 0.323 e. The molecule has 28 heavy (non-hydrogen) atoms. The number of ketones is 1. The lowest BCUT2D eigenvalue weighted by Crippen LogP contribution is -2.43. The third-order valence-electron chi connectivity index (χ3n) is 5.14. The molecule has 7 nitrogen and oxygen atoms in total. The van der Waals surface area contributed by atoms with Crippen LogP contribution < -0.4 is 4.74 Å². The average Bonchev–Trinajstić information content (AvgIpc) is 3.09. The largest absolute Gasteiger partial charge is 0.497 e. The molecule has 1 aromatic heterocycles. The van der Waals surface area contributed by atoms with Crippen molar-refractivity contribution < 1.29 is 24.2 Å². The van der Waals surface area contributed by atoms with E-state index in [1.165, 1.54) is 17.5 Å². The first kappa shape index (κ1) is 21.5. The molecule has 0 unspecified atom stereocenters. The fourth-order valence-electron chi connectivity index (χ4n) is 3.74. The van der Waals surface area contributed by atoms with Crippen LogP contribution in [0.5, 0.6) is 5.75 Å². The number of H-pyrrole nitrogens is 1. The molecule has 1 aliphatic rings. The molecule has 1 aliphatic carbocycles. The molecule has 0 bridgehead atoms. The van der Waals surface area contributed by atoms with Crippen molar-refractivity contribution in [3.05, 3.63) is 30.0 Å². The number of amides is 1. The number of carboxylic acids is 1. The van der Waals surface area contributed by atoms with Crippen LogP contribution >= 0.6 is 0 Å². The van der Waals surface area contributed by atoms with Gasteiger partial charge in [0.15, 0.2) is 0 Å². The standard InChI is InChI=1S/C20H24N2O5.CH4/c1-27-14-7-8-15-16(10-21-17(15)9-14)19(25)20(26)22(12-18(23)24)11-13-5-3-2-4-6-13;/h7-10,13,21H,2-6,11-12H2,1H3,(H,23,24);1H4. The SMILES string of the molecule is C.COc1ccc2c(C(=O)C(=O)N(CC(=O)O)CC3CCCCC3)c[nH]c2c1. The second kappa shape index (κ2) is 9.39. The van der Waals surface area contributed by atoms with Gasteiger partial charge in [0.25, 0.3) is 11.7 Å². The van der Waals surface area contributed by atoms with Crippen LogP contribution in [-0.2, 0) is 9.59 Å². The molecule has 1 aromatic carbocycles. The van der Waals surface area contributed by atoms with Gasteiger partial charge in [0.1, 0.15) is 12.3 Å². The number of carboxylic acid groups (broad SMARTS) is 1. The summed E-state index contributed by atoms with van der Waals surface area (Å²) in [6, 6.07) is 5.18. The lowest BCUT2D eigenvalue weighted by atomic mass is 9.89. The van der Waals surface area contributed by atoms with Gasteiger partial charge in [0.2, 0.25) is 0 Å². The molecule has 1 heterocycles. The molecule has 7 heteroatoms. The number of nitrogens with one attached hydrogen (secondary N) is 1. The predicted octanol–water partition coefficient (Wildman–Crippen LogP) is 3.49. The lowest BCUT2D eigenvalue weighted by Gasteiger charge is -2.28. The van der Waals surface area contributed by atoms with Crippen LogP contribution in [0.15, 0.2) is 24.4 Å². The molecule has 1 amide bonds. The van der Waals surface area contributed by atoms with Crippen LogP contribution in [-0.4, -0.2) is 52.8 Å². The highest BCUT2D eigenvalue weighted by atomic mass is 16.5. The third kappa shape index (κ3) is 4.71. The van der Waals surface area contributed by atoms with Gasteiger partial charge in [0, 0.05) is 29.7 Å². The highest BCUT2D eigenvalue weighted by Crippen LogP contribution is 2.26. The molecule has 0 atom stereocenters. The molecule has 0 saturated heterocycles. The minimum absolute atomic E-state index is 0. The van der Waals surface area contributed by atoms with E-state index < -0.39 is 24.2 Å². The second-order valence-electron chi connectivity index (χ2n) is 7.03. The van der Waals surface area contributed by atoms with Crippen molar-refractivity contribution in [3.63, 3.8) is 0 Å². The third-order valence-corrected chi connectivity index (χ3v) is 5.14. The minimum atomic E-state index is -1.12. The number of aromatic nitrogens is 1. The summed E-state index contributed by atoms with van der Waals surface area (Å²) in [5.74, 6) is -1.68. The molecule has 1 fully saturated rings. The molecule has 2 N–H and O–H groups in total. The zero-order valence-electron chi connectivity index (χ0n) is 15.4. The summed E-state index contributed by atoms with van der Waals surface area (Å²) < 4.78 is 5.16. The number of fused-ring (bicyclic) bond motifs is 1. The van der Waals surface area contributed by atoms with Gasteiger partial charge in [0.05, 0.1) is 12.7 Å². The van der Waals surface area contributed by atoms with Crippen LogP contribution in [0.1, 0.15) is 49.9 Å². The molecule has 1 saturated carbocycles. The van der Waals surface area contributed by atoms with E-state index in [9.17, 15) is 19.5 Å². The Hall–Kier alpha value is -2.83. The summed E-state index contributed by atoms with van der Waals surface area (Å²) in [5.41, 5.74) is 0.930. The van der Waals surface area contributed by atoms with Crippen molar-refractivity contribution >= 4 is 28.6 Å². The number of ether oxygens (including phenoxy) is 1. The zero-order chi connectivity index (χ0) is 19.4. The second-order valence-corrected chi connectivity index (χ2v) is 7.03. The first-order chi connectivity index (χ1) is 13.0. The van der Waals surface area contributed by atoms with Gasteiger partial charge < -0.3 is 19.7 Å². The fourth-order valence-corrected chi connectivity index (χ4v) is 3.74. The molecular formula is C21H28N2O5. The monoisotopic (exact) mass is 388 g/mol. The number of carbonyl (C=O) groups is 3. The molecule has 3 rings (SSSR count). The number of methoxy groups -OCH3 is 1. The van der Waals surface area contributed by atoms with Gasteiger partial charge in [-0.15, -0.1) is 0 Å². The molecule has 0 spiro atoms. The number of hydrogen-bond acceptors (Lipinski definition) is 4. The Morgan fingerprint density at radius 3 is 2.57 bits per heavy atom. The van der Waals surface area contributed by atoms with Crippen molar-refractivity contribution in [1.82, 2.24) is 9.88 Å². The van der Waals surface area contributed by atoms with E-state index >= 15 is 0 Å². The predicted molar refractivity (Wildman–Crippen MR) is 107 cm³/mol. The summed E-state index contributed by atoms with van der Waals surface area (Å²) in [4.78, 5) is 41.0. The van der Waals surface area contributed by atoms with Gasteiger partial charge >= 0.3 is 5.97 Å². The minimum Gasteiger partial charge on any atom is -0.497 e. The van der Waals surface area contributed by atoms with Crippen molar-refractivity contribution in [2.75, 3.05) is 20.2 Å². The normalized spacial score (nSPS) is 14.3. The maximum Gasteiger partial charge on any atom is 0.323 e. The van der Waals surface area contributed by atoms with E-state index in [-0.39, 0.29) is 18.9 Å². The van der Waals surface area contributed by atoms with Crippen molar-refractivity contribution in [2.24, 2.45) is 5.92 Å². The number of hydrogen-bond donors (Lipinski definition) is 2. The molecular weight excluding hydrogens is 360 g/mol. The Morgan fingerprint density at radius 1 is 1.21 bits per heavy atom. The first-order valence-electron chi connectivity index (χ1n) is 9.20. The summed E-state index contributed by atoms with van der Waals surface area (Å²) in [6.07, 6.45) is 6.75. The van der Waals surface area contributed by atoms with E-state index in [0.29, 0.717) is 23.2 Å². The zero-order valence-corrected chi connectivity index (χ0v) is 15.4. The number of aliphatic carboxylic acids is 1. The van der Waals surface area contributed by atoms with E-state index in [1.807, 2.05) is 0 Å². The van der Waals surface area contributed by atoms with Crippen molar-refractivity contribution in [1.29, 1.82) is 0 Å². The number of Topliss-reactive ketones (excluding diaryl/α,β-unsaturated/α-hetero) is 1. The first-order valence-corrected chi connectivity index (χ1v) is 9.20. The maximum atomic E-state index is 12.8. The Balaban J connectivity index is 0.00000280. The lowest BCUT2D eigenvalue weighted by molar-refractivity contribution is -0.143. The highest BCUT2D eigenvalue weighted by Gasteiger charge is 2.29. The molecule has 152 valence electrons. The van der Waals surface area contributed by atoms with Crippen LogP contribution in [0, 0.1) is 5.92 Å². The van der Waals surface area contributed by atoms with Gasteiger partial charge in [-0.05, 0) is 30.9 Å². The van der Waals surface area contributed by atoms with Gasteiger partial charge in [-0.3, -0.25) is 14.4 Å². The van der Waals surface area contributed by atoms with Crippen molar-refractivity contribution in [3.8, 4) is 5.75 Å². The van der Waals surface area contributed by atoms with Crippen LogP contribution in [0.25, 0.3) is 10.9 Å². The van der Waals surface area contributed by atoms with Gasteiger partial charge in [-0.1, -0.05) is 26.7 Å². The Bertz CT molecular complexity index is 852. The van der Waals surface area contributed by atoms with Crippen LogP contribution in [0.3, 0.4) is 0 Å². The van der Waals surface area contributed by atoms with Crippen LogP contribution in [0.2, 0.25) is 0 Å². The van der Waals surface area contributed by atoms with Crippen LogP contribution in [0.4, 0.5) is 0 Å². The fraction of sp³-hybridized carbons (Fsp3) is 0.476.